The molecule has 1 aromatic carbocycles. The van der Waals surface area contributed by atoms with Gasteiger partial charge in [-0.3, -0.25) is 4.79 Å². The monoisotopic (exact) mass is 437 g/mol. The molecule has 0 radical (unpaired) electrons. The van der Waals surface area contributed by atoms with Crippen LogP contribution in [0.25, 0.3) is 0 Å². The van der Waals surface area contributed by atoms with E-state index in [1.165, 1.54) is 12.1 Å². The van der Waals surface area contributed by atoms with Gasteiger partial charge in [0.15, 0.2) is 0 Å². The normalized spacial score (nSPS) is 23.1. The summed E-state index contributed by atoms with van der Waals surface area (Å²) in [5.41, 5.74) is 0.541. The number of likely N-dealkylation sites (tertiary alicyclic amines) is 1. The van der Waals surface area contributed by atoms with Crippen LogP contribution in [0.1, 0.15) is 39.5 Å². The summed E-state index contributed by atoms with van der Waals surface area (Å²) >= 11 is 0. The first-order valence-corrected chi connectivity index (χ1v) is 12.1. The van der Waals surface area contributed by atoms with Crippen molar-refractivity contribution >= 4 is 27.7 Å². The highest BCUT2D eigenvalue weighted by Gasteiger charge is 2.30. The maximum absolute atomic E-state index is 12.9. The Morgan fingerprint density at radius 2 is 1.80 bits per heavy atom. The van der Waals surface area contributed by atoms with Crippen LogP contribution in [0.15, 0.2) is 29.2 Å². The van der Waals surface area contributed by atoms with Crippen LogP contribution >= 0.6 is 0 Å². The van der Waals surface area contributed by atoms with Gasteiger partial charge in [0.25, 0.3) is 0 Å². The molecule has 0 spiro atoms. The average molecular weight is 438 g/mol. The lowest BCUT2D eigenvalue weighted by Crippen LogP contribution is -2.44. The minimum absolute atomic E-state index is 0.176. The summed E-state index contributed by atoms with van der Waals surface area (Å²) in [4.78, 5) is 26.4. The molecule has 0 aromatic heterocycles. The Hall–Kier alpha value is -2.13. The van der Waals surface area contributed by atoms with Crippen LogP contribution in [0, 0.1) is 11.8 Å². The Balaban J connectivity index is 1.61. The third-order valence-corrected chi connectivity index (χ3v) is 7.58. The van der Waals surface area contributed by atoms with E-state index in [4.69, 9.17) is 4.74 Å². The van der Waals surface area contributed by atoms with Crippen LogP contribution < -0.4 is 5.32 Å². The summed E-state index contributed by atoms with van der Waals surface area (Å²) in [5, 5.41) is 2.84. The molecule has 2 amide bonds. The van der Waals surface area contributed by atoms with Crippen molar-refractivity contribution < 1.29 is 22.7 Å². The summed E-state index contributed by atoms with van der Waals surface area (Å²) in [6.45, 7) is 6.12. The smallest absolute Gasteiger partial charge is 0.409 e. The van der Waals surface area contributed by atoms with Crippen molar-refractivity contribution in [3.63, 3.8) is 0 Å². The lowest BCUT2D eigenvalue weighted by atomic mass is 9.97. The number of amides is 2. The number of ether oxygens (including phenoxy) is 1. The molecule has 166 valence electrons. The van der Waals surface area contributed by atoms with Gasteiger partial charge in [-0.15, -0.1) is 0 Å². The van der Waals surface area contributed by atoms with E-state index in [9.17, 15) is 18.0 Å². The number of hydrogen-bond donors (Lipinski definition) is 1. The molecule has 2 heterocycles. The van der Waals surface area contributed by atoms with Crippen molar-refractivity contribution in [1.82, 2.24) is 9.21 Å². The van der Waals surface area contributed by atoms with E-state index in [2.05, 4.69) is 12.2 Å². The number of sulfonamides is 1. The van der Waals surface area contributed by atoms with Gasteiger partial charge in [0, 0.05) is 31.9 Å². The Kier molecular flexibility index (Phi) is 7.36. The summed E-state index contributed by atoms with van der Waals surface area (Å²) in [6, 6.07) is 6.31. The number of carbonyl (C=O) groups excluding carboxylic acids is 2. The number of benzene rings is 1. The molecule has 30 heavy (non-hydrogen) atoms. The van der Waals surface area contributed by atoms with Gasteiger partial charge in [-0.05, 0) is 62.8 Å². The molecule has 2 aliphatic rings. The molecule has 1 N–H and O–H groups in total. The van der Waals surface area contributed by atoms with Gasteiger partial charge in [0.1, 0.15) is 0 Å². The van der Waals surface area contributed by atoms with Crippen molar-refractivity contribution in [3.05, 3.63) is 24.3 Å². The van der Waals surface area contributed by atoms with Crippen LogP contribution in [-0.4, -0.2) is 62.4 Å². The molecular weight excluding hydrogens is 406 g/mol. The second-order valence-corrected chi connectivity index (χ2v) is 10.0. The molecule has 3 rings (SSSR count). The highest BCUT2D eigenvalue weighted by Crippen LogP contribution is 2.25. The highest BCUT2D eigenvalue weighted by atomic mass is 32.2. The molecule has 0 bridgehead atoms. The standard InChI is InChI=1S/C21H31N3O5S/c1-3-29-21(26)23-12-5-7-17(15-23)20(25)22-18-8-10-19(11-9-18)30(27,28)24-13-4-6-16(2)14-24/h8-11,16-17H,3-7,12-15H2,1-2H3,(H,22,25). The molecular formula is C21H31N3O5S. The first kappa shape index (κ1) is 22.6. The molecule has 0 saturated carbocycles. The summed E-state index contributed by atoms with van der Waals surface area (Å²) in [5.74, 6) is -0.136. The molecule has 1 aromatic rings. The van der Waals surface area contributed by atoms with E-state index in [-0.39, 0.29) is 16.7 Å². The van der Waals surface area contributed by atoms with Gasteiger partial charge < -0.3 is 15.0 Å². The minimum Gasteiger partial charge on any atom is -0.450 e. The Labute approximate surface area is 178 Å². The van der Waals surface area contributed by atoms with E-state index in [0.717, 1.165) is 19.3 Å². The van der Waals surface area contributed by atoms with Crippen LogP contribution in [0.5, 0.6) is 0 Å². The van der Waals surface area contributed by atoms with Crippen molar-refractivity contribution in [2.45, 2.75) is 44.4 Å². The fourth-order valence-electron chi connectivity index (χ4n) is 4.04. The molecule has 2 unspecified atom stereocenters. The van der Waals surface area contributed by atoms with Crippen molar-refractivity contribution in [3.8, 4) is 0 Å². The Bertz CT molecular complexity index is 856. The molecule has 9 heteroatoms. The number of hydrogen-bond acceptors (Lipinski definition) is 5. The summed E-state index contributed by atoms with van der Waals surface area (Å²) in [6.07, 6.45) is 2.96. The number of nitrogens with one attached hydrogen (secondary N) is 1. The molecule has 8 nitrogen and oxygen atoms in total. The molecule has 0 aliphatic carbocycles. The van der Waals surface area contributed by atoms with Crippen molar-refractivity contribution in [2.24, 2.45) is 11.8 Å². The van der Waals surface area contributed by atoms with Gasteiger partial charge in [-0.1, -0.05) is 6.92 Å². The third-order valence-electron chi connectivity index (χ3n) is 5.70. The van der Waals surface area contributed by atoms with Gasteiger partial charge in [0.2, 0.25) is 15.9 Å². The molecule has 2 fully saturated rings. The third kappa shape index (κ3) is 5.31. The quantitative estimate of drug-likeness (QED) is 0.764. The van der Waals surface area contributed by atoms with E-state index in [1.807, 2.05) is 0 Å². The Morgan fingerprint density at radius 3 is 2.47 bits per heavy atom. The maximum atomic E-state index is 12.9. The summed E-state index contributed by atoms with van der Waals surface area (Å²) < 4.78 is 32.3. The number of piperidine rings is 2. The zero-order valence-corrected chi connectivity index (χ0v) is 18.5. The zero-order chi connectivity index (χ0) is 21.7. The fraction of sp³-hybridized carbons (Fsp3) is 0.619. The average Bonchev–Trinajstić information content (AvgIpc) is 2.74. The van der Waals surface area contributed by atoms with Crippen LogP contribution in [0.3, 0.4) is 0 Å². The van der Waals surface area contributed by atoms with Crippen LogP contribution in [-0.2, 0) is 19.6 Å². The van der Waals surface area contributed by atoms with E-state index in [1.54, 1.807) is 28.3 Å². The predicted molar refractivity (Wildman–Crippen MR) is 114 cm³/mol. The largest absolute Gasteiger partial charge is 0.450 e. The first-order valence-electron chi connectivity index (χ1n) is 10.6. The van der Waals surface area contributed by atoms with Gasteiger partial charge in [0.05, 0.1) is 17.4 Å². The molecule has 2 saturated heterocycles. The summed E-state index contributed by atoms with van der Waals surface area (Å²) in [7, 11) is -3.52. The molecule has 2 aliphatic heterocycles. The zero-order valence-electron chi connectivity index (χ0n) is 17.7. The molecule has 2 atom stereocenters. The lowest BCUT2D eigenvalue weighted by molar-refractivity contribution is -0.121. The maximum Gasteiger partial charge on any atom is 0.409 e. The SMILES string of the molecule is CCOC(=O)N1CCCC(C(=O)Nc2ccc(S(=O)(=O)N3CCCC(C)C3)cc2)C1. The van der Waals surface area contributed by atoms with Crippen LogP contribution in [0.2, 0.25) is 0 Å². The van der Waals surface area contributed by atoms with E-state index < -0.39 is 16.1 Å². The lowest BCUT2D eigenvalue weighted by Gasteiger charge is -2.31. The topological polar surface area (TPSA) is 96.0 Å². The number of nitrogens with zero attached hydrogens (tertiary/aromatic N) is 2. The van der Waals surface area contributed by atoms with E-state index >= 15 is 0 Å². The predicted octanol–water partition coefficient (Wildman–Crippen LogP) is 2.91. The van der Waals surface area contributed by atoms with Gasteiger partial charge in [-0.2, -0.15) is 4.31 Å². The second-order valence-electron chi connectivity index (χ2n) is 8.11. The van der Waals surface area contributed by atoms with Gasteiger partial charge in [-0.25, -0.2) is 13.2 Å². The van der Waals surface area contributed by atoms with E-state index in [0.29, 0.717) is 50.8 Å². The minimum atomic E-state index is -3.52. The van der Waals surface area contributed by atoms with Crippen molar-refractivity contribution in [1.29, 1.82) is 0 Å². The van der Waals surface area contributed by atoms with Gasteiger partial charge >= 0.3 is 6.09 Å². The highest BCUT2D eigenvalue weighted by molar-refractivity contribution is 7.89. The van der Waals surface area contributed by atoms with Crippen LogP contribution in [0.4, 0.5) is 10.5 Å². The second kappa shape index (κ2) is 9.78. The first-order chi connectivity index (χ1) is 14.3. The fourth-order valence-corrected chi connectivity index (χ4v) is 5.64. The number of anilines is 1. The van der Waals surface area contributed by atoms with Crippen molar-refractivity contribution in [2.75, 3.05) is 38.1 Å². The Morgan fingerprint density at radius 1 is 1.10 bits per heavy atom. The number of carbonyl (C=O) groups is 2. The number of rotatable bonds is 5.